The maximum Gasteiger partial charge on any atom is 0.500 e. The van der Waals surface area contributed by atoms with Gasteiger partial charge < -0.3 is 13.3 Å². The maximum atomic E-state index is 6.08. The van der Waals surface area contributed by atoms with Crippen molar-refractivity contribution in [3.05, 3.63) is 35.9 Å². The minimum absolute atomic E-state index is 0.652. The fourth-order valence-electron chi connectivity index (χ4n) is 5.69. The first kappa shape index (κ1) is 37.3. The standard InChI is InChI=1S/C35H67NO3Si/c1-5-9-10-11-12-13-14-15-16-17-18-19-20-21-22-23-27-31-36(34-35-29-25-24-26-30-35)32-28-33-40(37-6-2,38-7-3)39-8-4/h24-26,29-30H,5-23,27-28,31-34H2,1-4H3. The van der Waals surface area contributed by atoms with Crippen molar-refractivity contribution in [3.63, 3.8) is 0 Å². The Hall–Kier alpha value is -0.723. The van der Waals surface area contributed by atoms with Crippen molar-refractivity contribution in [1.29, 1.82) is 0 Å². The van der Waals surface area contributed by atoms with Crippen LogP contribution in [0, 0.1) is 0 Å². The average Bonchev–Trinajstić information content (AvgIpc) is 2.95. The third-order valence-corrected chi connectivity index (χ3v) is 11.0. The van der Waals surface area contributed by atoms with Crippen LogP contribution in [0.4, 0.5) is 0 Å². The summed E-state index contributed by atoms with van der Waals surface area (Å²) in [6.45, 7) is 13.6. The third kappa shape index (κ3) is 20.2. The second-order valence-corrected chi connectivity index (χ2v) is 14.2. The third-order valence-electron chi connectivity index (χ3n) is 7.88. The van der Waals surface area contributed by atoms with Crippen LogP contribution in [-0.2, 0) is 19.8 Å². The molecule has 1 rings (SSSR count). The fourth-order valence-corrected chi connectivity index (χ4v) is 8.29. The van der Waals surface area contributed by atoms with E-state index in [2.05, 4.69) is 42.2 Å². The van der Waals surface area contributed by atoms with Crippen molar-refractivity contribution in [1.82, 2.24) is 4.90 Å². The first-order valence-electron chi connectivity index (χ1n) is 17.4. The van der Waals surface area contributed by atoms with E-state index in [1.165, 1.54) is 121 Å². The SMILES string of the molecule is CCCCCCCCCCCCCCCCCCCN(CCC[Si](OCC)(OCC)OCC)Cc1ccccc1. The quantitative estimate of drug-likeness (QED) is 0.0672. The molecule has 0 aliphatic carbocycles. The highest BCUT2D eigenvalue weighted by molar-refractivity contribution is 6.60. The Morgan fingerprint density at radius 3 is 1.32 bits per heavy atom. The number of unbranched alkanes of at least 4 members (excludes halogenated alkanes) is 16. The van der Waals surface area contributed by atoms with E-state index in [0.29, 0.717) is 19.8 Å². The van der Waals surface area contributed by atoms with Gasteiger partial charge in [-0.25, -0.2) is 0 Å². The van der Waals surface area contributed by atoms with E-state index < -0.39 is 8.80 Å². The summed E-state index contributed by atoms with van der Waals surface area (Å²) in [4.78, 5) is 2.63. The molecule has 0 aliphatic heterocycles. The summed E-state index contributed by atoms with van der Waals surface area (Å²) in [6.07, 6.45) is 25.2. The number of rotatable bonds is 30. The summed E-state index contributed by atoms with van der Waals surface area (Å²) in [6, 6.07) is 11.8. The number of benzene rings is 1. The Labute approximate surface area is 251 Å². The van der Waals surface area contributed by atoms with Gasteiger partial charge in [-0.3, -0.25) is 4.90 Å². The van der Waals surface area contributed by atoms with Crippen LogP contribution < -0.4 is 0 Å². The maximum absolute atomic E-state index is 6.08. The largest absolute Gasteiger partial charge is 0.500 e. The molecule has 0 spiro atoms. The number of nitrogens with zero attached hydrogens (tertiary/aromatic N) is 1. The van der Waals surface area contributed by atoms with Gasteiger partial charge in [0.05, 0.1) is 0 Å². The second kappa shape index (κ2) is 27.1. The summed E-state index contributed by atoms with van der Waals surface area (Å²) < 4.78 is 18.3. The molecular formula is C35H67NO3Si. The van der Waals surface area contributed by atoms with Crippen molar-refractivity contribution < 1.29 is 13.3 Å². The Morgan fingerprint density at radius 2 is 0.900 bits per heavy atom. The lowest BCUT2D eigenvalue weighted by Crippen LogP contribution is -2.46. The zero-order valence-corrected chi connectivity index (χ0v) is 28.2. The highest BCUT2D eigenvalue weighted by Gasteiger charge is 2.39. The molecule has 0 atom stereocenters. The molecule has 0 unspecified atom stereocenters. The number of hydrogen-bond acceptors (Lipinski definition) is 4. The molecule has 0 heterocycles. The van der Waals surface area contributed by atoms with E-state index in [1.807, 2.05) is 20.8 Å². The molecule has 5 heteroatoms. The predicted molar refractivity (Wildman–Crippen MR) is 176 cm³/mol. The Balaban J connectivity index is 2.21. The molecule has 0 N–H and O–H groups in total. The zero-order chi connectivity index (χ0) is 29.0. The van der Waals surface area contributed by atoms with Crippen molar-refractivity contribution in [2.45, 2.75) is 156 Å². The Kier molecular flexibility index (Phi) is 25.3. The van der Waals surface area contributed by atoms with Gasteiger partial charge in [-0.1, -0.05) is 140 Å². The molecule has 0 aliphatic rings. The topological polar surface area (TPSA) is 30.9 Å². The lowest BCUT2D eigenvalue weighted by molar-refractivity contribution is 0.0698. The summed E-state index contributed by atoms with van der Waals surface area (Å²) in [5, 5.41) is 0. The van der Waals surface area contributed by atoms with E-state index in [0.717, 1.165) is 25.6 Å². The molecule has 0 bridgehead atoms. The zero-order valence-electron chi connectivity index (χ0n) is 27.2. The van der Waals surface area contributed by atoms with Gasteiger partial charge in [0.25, 0.3) is 0 Å². The van der Waals surface area contributed by atoms with E-state index in [4.69, 9.17) is 13.3 Å². The summed E-state index contributed by atoms with van der Waals surface area (Å²) in [7, 11) is -2.56. The van der Waals surface area contributed by atoms with E-state index >= 15 is 0 Å². The van der Waals surface area contributed by atoms with Gasteiger partial charge in [0.1, 0.15) is 0 Å². The first-order valence-corrected chi connectivity index (χ1v) is 19.3. The molecule has 1 aromatic rings. The van der Waals surface area contributed by atoms with Crippen LogP contribution in [0.3, 0.4) is 0 Å². The minimum atomic E-state index is -2.56. The van der Waals surface area contributed by atoms with E-state index in [-0.39, 0.29) is 0 Å². The molecule has 0 fully saturated rings. The van der Waals surface area contributed by atoms with Crippen molar-refractivity contribution in [2.75, 3.05) is 32.9 Å². The summed E-state index contributed by atoms with van der Waals surface area (Å²) in [5.74, 6) is 0. The van der Waals surface area contributed by atoms with Crippen LogP contribution in [0.2, 0.25) is 6.04 Å². The summed E-state index contributed by atoms with van der Waals surface area (Å²) >= 11 is 0. The van der Waals surface area contributed by atoms with E-state index in [1.54, 1.807) is 0 Å². The van der Waals surface area contributed by atoms with Gasteiger partial charge in [-0.05, 0) is 52.3 Å². The molecule has 1 aromatic carbocycles. The van der Waals surface area contributed by atoms with Crippen LogP contribution in [0.25, 0.3) is 0 Å². The molecule has 4 nitrogen and oxygen atoms in total. The highest BCUT2D eigenvalue weighted by atomic mass is 28.4. The molecule has 0 radical (unpaired) electrons. The lowest BCUT2D eigenvalue weighted by atomic mass is 10.0. The summed E-state index contributed by atoms with van der Waals surface area (Å²) in [5.41, 5.74) is 1.40. The Bertz CT molecular complexity index is 628. The van der Waals surface area contributed by atoms with Crippen LogP contribution in [0.1, 0.15) is 149 Å². The van der Waals surface area contributed by atoms with Gasteiger partial charge in [0.2, 0.25) is 0 Å². The molecular weight excluding hydrogens is 510 g/mol. The molecule has 234 valence electrons. The fraction of sp³-hybridized carbons (Fsp3) is 0.829. The van der Waals surface area contributed by atoms with Crippen molar-refractivity contribution in [2.24, 2.45) is 0 Å². The van der Waals surface area contributed by atoms with Crippen LogP contribution in [-0.4, -0.2) is 46.6 Å². The van der Waals surface area contributed by atoms with Crippen molar-refractivity contribution in [3.8, 4) is 0 Å². The average molecular weight is 578 g/mol. The molecule has 0 saturated carbocycles. The number of hydrogen-bond donors (Lipinski definition) is 0. The van der Waals surface area contributed by atoms with Crippen LogP contribution in [0.15, 0.2) is 30.3 Å². The van der Waals surface area contributed by atoms with Gasteiger partial charge >= 0.3 is 8.80 Å². The van der Waals surface area contributed by atoms with Gasteiger partial charge in [0.15, 0.2) is 0 Å². The highest BCUT2D eigenvalue weighted by Crippen LogP contribution is 2.20. The molecule has 0 saturated heterocycles. The van der Waals surface area contributed by atoms with Crippen LogP contribution in [0.5, 0.6) is 0 Å². The smallest absolute Gasteiger partial charge is 0.374 e. The van der Waals surface area contributed by atoms with Gasteiger partial charge in [-0.2, -0.15) is 0 Å². The second-order valence-electron chi connectivity index (χ2n) is 11.5. The molecule has 0 aromatic heterocycles. The van der Waals surface area contributed by atoms with E-state index in [9.17, 15) is 0 Å². The Morgan fingerprint density at radius 1 is 0.500 bits per heavy atom. The minimum Gasteiger partial charge on any atom is -0.374 e. The van der Waals surface area contributed by atoms with Crippen molar-refractivity contribution >= 4 is 8.80 Å². The predicted octanol–water partition coefficient (Wildman–Crippen LogP) is 10.6. The van der Waals surface area contributed by atoms with Gasteiger partial charge in [-0.15, -0.1) is 0 Å². The first-order chi connectivity index (χ1) is 19.7. The molecule has 40 heavy (non-hydrogen) atoms. The van der Waals surface area contributed by atoms with Crippen LogP contribution >= 0.6 is 0 Å². The van der Waals surface area contributed by atoms with Gasteiger partial charge in [0, 0.05) is 32.4 Å². The lowest BCUT2D eigenvalue weighted by Gasteiger charge is -2.30. The normalized spacial score (nSPS) is 12.0. The monoisotopic (exact) mass is 577 g/mol. The molecule has 0 amide bonds.